The highest BCUT2D eigenvalue weighted by Gasteiger charge is 2.18. The molecule has 1 rings (SSSR count). The molecule has 2 amide bonds. The highest BCUT2D eigenvalue weighted by atomic mass is 16.5. The molecule has 0 aromatic carbocycles. The second kappa shape index (κ2) is 6.74. The van der Waals surface area contributed by atoms with Gasteiger partial charge in [-0.2, -0.15) is 0 Å². The number of amides is 2. The van der Waals surface area contributed by atoms with Gasteiger partial charge in [-0.05, 0) is 26.7 Å². The summed E-state index contributed by atoms with van der Waals surface area (Å²) in [5.41, 5.74) is 0. The zero-order valence-corrected chi connectivity index (χ0v) is 10.7. The molecule has 0 unspecified atom stereocenters. The standard InChI is InChI=1S/C12H24N2O2/c1-10(2)16-9-8-14(3)12(15)13-11-6-4-5-7-11/h10-11H,4-9H2,1-3H3,(H,13,15). The van der Waals surface area contributed by atoms with Gasteiger partial charge in [-0.1, -0.05) is 12.8 Å². The normalized spacial score (nSPS) is 16.8. The SMILES string of the molecule is CC(C)OCCN(C)C(=O)NC1CCCC1. The number of hydrogen-bond donors (Lipinski definition) is 1. The van der Waals surface area contributed by atoms with Crippen molar-refractivity contribution in [1.29, 1.82) is 0 Å². The van der Waals surface area contributed by atoms with Gasteiger partial charge in [-0.15, -0.1) is 0 Å². The molecule has 4 heteroatoms. The molecule has 16 heavy (non-hydrogen) atoms. The summed E-state index contributed by atoms with van der Waals surface area (Å²) in [5, 5.41) is 3.05. The summed E-state index contributed by atoms with van der Waals surface area (Å²) < 4.78 is 5.41. The average Bonchev–Trinajstić information content (AvgIpc) is 2.69. The van der Waals surface area contributed by atoms with Crippen LogP contribution in [-0.4, -0.2) is 43.3 Å². The highest BCUT2D eigenvalue weighted by molar-refractivity contribution is 5.74. The summed E-state index contributed by atoms with van der Waals surface area (Å²) in [6.07, 6.45) is 4.96. The van der Waals surface area contributed by atoms with E-state index >= 15 is 0 Å². The maximum Gasteiger partial charge on any atom is 0.317 e. The minimum absolute atomic E-state index is 0.0271. The van der Waals surface area contributed by atoms with E-state index < -0.39 is 0 Å². The fraction of sp³-hybridized carbons (Fsp3) is 0.917. The van der Waals surface area contributed by atoms with Crippen molar-refractivity contribution in [2.24, 2.45) is 0 Å². The van der Waals surface area contributed by atoms with E-state index in [4.69, 9.17) is 4.74 Å². The Morgan fingerprint density at radius 1 is 1.44 bits per heavy atom. The molecule has 0 heterocycles. The predicted molar refractivity (Wildman–Crippen MR) is 64.5 cm³/mol. The summed E-state index contributed by atoms with van der Waals surface area (Å²) in [7, 11) is 1.81. The summed E-state index contributed by atoms with van der Waals surface area (Å²) in [6.45, 7) is 5.25. The first-order chi connectivity index (χ1) is 7.59. The molecule has 1 saturated carbocycles. The Balaban J connectivity index is 2.14. The number of nitrogens with zero attached hydrogens (tertiary/aromatic N) is 1. The van der Waals surface area contributed by atoms with Crippen LogP contribution in [0.4, 0.5) is 4.79 Å². The lowest BCUT2D eigenvalue weighted by Gasteiger charge is -2.21. The van der Waals surface area contributed by atoms with Crippen LogP contribution in [-0.2, 0) is 4.74 Å². The largest absolute Gasteiger partial charge is 0.377 e. The zero-order chi connectivity index (χ0) is 12.0. The van der Waals surface area contributed by atoms with E-state index in [1.54, 1.807) is 4.90 Å². The molecule has 0 bridgehead atoms. The van der Waals surface area contributed by atoms with E-state index in [2.05, 4.69) is 5.32 Å². The van der Waals surface area contributed by atoms with Crippen molar-refractivity contribution in [3.8, 4) is 0 Å². The van der Waals surface area contributed by atoms with Crippen molar-refractivity contribution in [3.63, 3.8) is 0 Å². The number of likely N-dealkylation sites (N-methyl/N-ethyl adjacent to an activating group) is 1. The molecule has 1 fully saturated rings. The van der Waals surface area contributed by atoms with Crippen LogP contribution in [0.3, 0.4) is 0 Å². The number of rotatable bonds is 5. The quantitative estimate of drug-likeness (QED) is 0.782. The van der Waals surface area contributed by atoms with Crippen molar-refractivity contribution >= 4 is 6.03 Å². The van der Waals surface area contributed by atoms with Crippen LogP contribution in [0.1, 0.15) is 39.5 Å². The van der Waals surface area contributed by atoms with E-state index in [0.717, 1.165) is 12.8 Å². The number of ether oxygens (including phenoxy) is 1. The Labute approximate surface area is 98.3 Å². The lowest BCUT2D eigenvalue weighted by atomic mass is 10.2. The van der Waals surface area contributed by atoms with Crippen molar-refractivity contribution < 1.29 is 9.53 Å². The third-order valence-electron chi connectivity index (χ3n) is 2.91. The smallest absolute Gasteiger partial charge is 0.317 e. The van der Waals surface area contributed by atoms with Crippen molar-refractivity contribution in [1.82, 2.24) is 10.2 Å². The topological polar surface area (TPSA) is 41.6 Å². The third-order valence-corrected chi connectivity index (χ3v) is 2.91. The van der Waals surface area contributed by atoms with Crippen LogP contribution in [0.25, 0.3) is 0 Å². The summed E-state index contributed by atoms with van der Waals surface area (Å²) in [4.78, 5) is 13.4. The Bertz CT molecular complexity index is 213. The van der Waals surface area contributed by atoms with E-state index in [-0.39, 0.29) is 12.1 Å². The molecule has 1 aliphatic rings. The third kappa shape index (κ3) is 4.84. The number of nitrogens with one attached hydrogen (secondary N) is 1. The number of hydrogen-bond acceptors (Lipinski definition) is 2. The predicted octanol–water partition coefficient (Wildman–Crippen LogP) is 2.00. The monoisotopic (exact) mass is 228 g/mol. The molecule has 0 spiro atoms. The van der Waals surface area contributed by atoms with Gasteiger partial charge >= 0.3 is 6.03 Å². The number of urea groups is 1. The maximum absolute atomic E-state index is 11.7. The van der Waals surface area contributed by atoms with E-state index in [1.165, 1.54) is 12.8 Å². The lowest BCUT2D eigenvalue weighted by Crippen LogP contribution is -2.43. The molecule has 0 radical (unpaired) electrons. The van der Waals surface area contributed by atoms with Gasteiger partial charge in [0.05, 0.1) is 12.7 Å². The summed E-state index contributed by atoms with van der Waals surface area (Å²) >= 11 is 0. The van der Waals surface area contributed by atoms with Crippen LogP contribution in [0.5, 0.6) is 0 Å². The Morgan fingerprint density at radius 3 is 2.62 bits per heavy atom. The molecule has 0 aromatic heterocycles. The van der Waals surface area contributed by atoms with Crippen LogP contribution in [0.2, 0.25) is 0 Å². The van der Waals surface area contributed by atoms with Gasteiger partial charge in [0.25, 0.3) is 0 Å². The van der Waals surface area contributed by atoms with Crippen molar-refractivity contribution in [2.45, 2.75) is 51.7 Å². The highest BCUT2D eigenvalue weighted by Crippen LogP contribution is 2.17. The maximum atomic E-state index is 11.7. The zero-order valence-electron chi connectivity index (χ0n) is 10.7. The Morgan fingerprint density at radius 2 is 2.06 bits per heavy atom. The lowest BCUT2D eigenvalue weighted by molar-refractivity contribution is 0.0678. The van der Waals surface area contributed by atoms with Gasteiger partial charge in [0.2, 0.25) is 0 Å². The van der Waals surface area contributed by atoms with E-state index in [1.807, 2.05) is 20.9 Å². The molecule has 0 aromatic rings. The molecule has 94 valence electrons. The van der Waals surface area contributed by atoms with Crippen LogP contribution < -0.4 is 5.32 Å². The van der Waals surface area contributed by atoms with Crippen molar-refractivity contribution in [2.75, 3.05) is 20.2 Å². The molecule has 1 N–H and O–H groups in total. The van der Waals surface area contributed by atoms with E-state index in [0.29, 0.717) is 19.2 Å². The first kappa shape index (κ1) is 13.3. The number of carbonyl (C=O) groups is 1. The minimum atomic E-state index is 0.0271. The molecule has 4 nitrogen and oxygen atoms in total. The van der Waals surface area contributed by atoms with Gasteiger partial charge in [0, 0.05) is 19.6 Å². The van der Waals surface area contributed by atoms with Gasteiger partial charge < -0.3 is 15.0 Å². The summed E-state index contributed by atoms with van der Waals surface area (Å²) in [5.74, 6) is 0. The second-order valence-electron chi connectivity index (χ2n) is 4.77. The van der Waals surface area contributed by atoms with Crippen LogP contribution in [0, 0.1) is 0 Å². The second-order valence-corrected chi connectivity index (χ2v) is 4.77. The average molecular weight is 228 g/mol. The fourth-order valence-corrected chi connectivity index (χ4v) is 1.88. The van der Waals surface area contributed by atoms with Gasteiger partial charge in [-0.3, -0.25) is 0 Å². The van der Waals surface area contributed by atoms with Gasteiger partial charge in [-0.25, -0.2) is 4.79 Å². The van der Waals surface area contributed by atoms with Crippen LogP contribution in [0.15, 0.2) is 0 Å². The molecule has 0 atom stereocenters. The first-order valence-electron chi connectivity index (χ1n) is 6.23. The number of carbonyl (C=O) groups excluding carboxylic acids is 1. The summed E-state index contributed by atoms with van der Waals surface area (Å²) in [6, 6.07) is 0.417. The molecular formula is C12H24N2O2. The van der Waals surface area contributed by atoms with Gasteiger partial charge in [0.15, 0.2) is 0 Å². The Hall–Kier alpha value is -0.770. The van der Waals surface area contributed by atoms with Crippen LogP contribution >= 0.6 is 0 Å². The molecule has 0 saturated heterocycles. The Kier molecular flexibility index (Phi) is 5.60. The minimum Gasteiger partial charge on any atom is -0.377 e. The molecular weight excluding hydrogens is 204 g/mol. The molecule has 0 aliphatic heterocycles. The fourth-order valence-electron chi connectivity index (χ4n) is 1.88. The van der Waals surface area contributed by atoms with Crippen molar-refractivity contribution in [3.05, 3.63) is 0 Å². The van der Waals surface area contributed by atoms with E-state index in [9.17, 15) is 4.79 Å². The molecule has 1 aliphatic carbocycles. The van der Waals surface area contributed by atoms with Gasteiger partial charge in [0.1, 0.15) is 0 Å². The first-order valence-corrected chi connectivity index (χ1v) is 6.23.